The van der Waals surface area contributed by atoms with Gasteiger partial charge in [0.15, 0.2) is 0 Å². The minimum absolute atomic E-state index is 0.356. The van der Waals surface area contributed by atoms with Gasteiger partial charge in [-0.15, -0.1) is 11.8 Å². The molecular formula is C12H20O2S. The highest BCUT2D eigenvalue weighted by molar-refractivity contribution is 8.00. The maximum absolute atomic E-state index is 10.5. The topological polar surface area (TPSA) is 40.5 Å². The summed E-state index contributed by atoms with van der Waals surface area (Å²) in [5.41, 5.74) is -0.987. The Morgan fingerprint density at radius 3 is 1.73 bits per heavy atom. The lowest BCUT2D eigenvalue weighted by molar-refractivity contribution is -0.0574. The molecule has 2 N–H and O–H groups in total. The van der Waals surface area contributed by atoms with Crippen molar-refractivity contribution >= 4 is 11.8 Å². The lowest BCUT2D eigenvalue weighted by atomic mass is 9.74. The van der Waals surface area contributed by atoms with Crippen LogP contribution in [0.4, 0.5) is 0 Å². The van der Waals surface area contributed by atoms with Crippen LogP contribution in [-0.4, -0.2) is 31.9 Å². The average molecular weight is 228 g/mol. The van der Waals surface area contributed by atoms with Crippen molar-refractivity contribution in [2.24, 2.45) is 11.8 Å². The van der Waals surface area contributed by atoms with Gasteiger partial charge in [0, 0.05) is 10.5 Å². The van der Waals surface area contributed by atoms with Crippen molar-refractivity contribution in [3.8, 4) is 0 Å². The molecular weight excluding hydrogens is 208 g/mol. The standard InChI is InChI=1S/C12H20O2S/c1-11(13)7-3-4-8-6-9(11)15-10(5-7)12(8,2)14/h7-10,13-14H,3-6H2,1-2H3/t7-,8-,9-,10-,11?,12?/m0/s1. The van der Waals surface area contributed by atoms with E-state index in [-0.39, 0.29) is 0 Å². The predicted molar refractivity (Wildman–Crippen MR) is 61.9 cm³/mol. The maximum atomic E-state index is 10.5. The molecule has 4 bridgehead atoms. The van der Waals surface area contributed by atoms with Crippen LogP contribution in [0.2, 0.25) is 0 Å². The normalized spacial score (nSPS) is 63.2. The third-order valence-electron chi connectivity index (χ3n) is 5.15. The smallest absolute Gasteiger partial charge is 0.0766 e. The summed E-state index contributed by atoms with van der Waals surface area (Å²) in [6.45, 7) is 4.02. The summed E-state index contributed by atoms with van der Waals surface area (Å²) in [6, 6.07) is 0. The van der Waals surface area contributed by atoms with E-state index < -0.39 is 11.2 Å². The van der Waals surface area contributed by atoms with Crippen LogP contribution in [0.3, 0.4) is 0 Å². The summed E-state index contributed by atoms with van der Waals surface area (Å²) in [5, 5.41) is 21.8. The molecule has 2 unspecified atom stereocenters. The van der Waals surface area contributed by atoms with Gasteiger partial charge in [-0.25, -0.2) is 0 Å². The molecule has 0 aromatic heterocycles. The first kappa shape index (κ1) is 10.4. The summed E-state index contributed by atoms with van der Waals surface area (Å²) in [5.74, 6) is 0.820. The molecule has 0 aromatic carbocycles. The van der Waals surface area contributed by atoms with E-state index in [0.717, 1.165) is 25.7 Å². The van der Waals surface area contributed by atoms with E-state index in [9.17, 15) is 10.2 Å². The maximum Gasteiger partial charge on any atom is 0.0766 e. The first-order chi connectivity index (χ1) is 6.92. The molecule has 2 heterocycles. The second-order valence-corrected chi connectivity index (χ2v) is 7.42. The van der Waals surface area contributed by atoms with E-state index >= 15 is 0 Å². The van der Waals surface area contributed by atoms with Crippen molar-refractivity contribution in [1.82, 2.24) is 0 Å². The van der Waals surface area contributed by atoms with Gasteiger partial charge in [0.1, 0.15) is 0 Å². The van der Waals surface area contributed by atoms with E-state index in [4.69, 9.17) is 0 Å². The van der Waals surface area contributed by atoms with Gasteiger partial charge in [-0.3, -0.25) is 0 Å². The molecule has 4 rings (SSSR count). The monoisotopic (exact) mass is 228 g/mol. The molecule has 2 saturated heterocycles. The average Bonchev–Trinajstić information content (AvgIpc) is 2.30. The van der Waals surface area contributed by atoms with Crippen LogP contribution in [0, 0.1) is 11.8 Å². The van der Waals surface area contributed by atoms with Crippen molar-refractivity contribution in [3.63, 3.8) is 0 Å². The Morgan fingerprint density at radius 2 is 1.33 bits per heavy atom. The van der Waals surface area contributed by atoms with Crippen LogP contribution < -0.4 is 0 Å². The molecule has 2 aliphatic carbocycles. The molecule has 0 aromatic rings. The SMILES string of the molecule is CC1(O)[C@H]2CC[C@H]3C[C@@H]1S[C@@H](C2)C3(C)O. The Hall–Kier alpha value is 0.270. The number of rotatable bonds is 0. The van der Waals surface area contributed by atoms with Crippen molar-refractivity contribution < 1.29 is 10.2 Å². The van der Waals surface area contributed by atoms with Crippen molar-refractivity contribution in [3.05, 3.63) is 0 Å². The summed E-state index contributed by atoms with van der Waals surface area (Å²) >= 11 is 1.83. The fourth-order valence-electron chi connectivity index (χ4n) is 3.80. The number of fused-ring (bicyclic) bond motifs is 1. The highest BCUT2D eigenvalue weighted by Crippen LogP contribution is 2.59. The first-order valence-electron chi connectivity index (χ1n) is 6.02. The summed E-state index contributed by atoms with van der Waals surface area (Å²) in [4.78, 5) is 0. The molecule has 0 spiro atoms. The molecule has 6 atom stereocenters. The Bertz CT molecular complexity index is 247. The molecule has 2 saturated carbocycles. The third kappa shape index (κ3) is 1.26. The van der Waals surface area contributed by atoms with Crippen molar-refractivity contribution in [2.75, 3.05) is 0 Å². The third-order valence-corrected chi connectivity index (χ3v) is 7.14. The van der Waals surface area contributed by atoms with Gasteiger partial charge in [-0.1, -0.05) is 0 Å². The summed E-state index contributed by atoms with van der Waals surface area (Å²) in [6.07, 6.45) is 4.19. The van der Waals surface area contributed by atoms with Gasteiger partial charge in [0.25, 0.3) is 0 Å². The van der Waals surface area contributed by atoms with Crippen molar-refractivity contribution in [1.29, 1.82) is 0 Å². The van der Waals surface area contributed by atoms with Gasteiger partial charge in [0.05, 0.1) is 11.2 Å². The van der Waals surface area contributed by atoms with Crippen LogP contribution in [-0.2, 0) is 0 Å². The van der Waals surface area contributed by atoms with Crippen LogP contribution in [0.25, 0.3) is 0 Å². The van der Waals surface area contributed by atoms with Gasteiger partial charge in [-0.2, -0.15) is 0 Å². The quantitative estimate of drug-likeness (QED) is 0.664. The van der Waals surface area contributed by atoms with Crippen molar-refractivity contribution in [2.45, 2.75) is 61.2 Å². The van der Waals surface area contributed by atoms with Gasteiger partial charge < -0.3 is 10.2 Å². The number of hydrogen-bond acceptors (Lipinski definition) is 3. The first-order valence-corrected chi connectivity index (χ1v) is 6.97. The molecule has 86 valence electrons. The summed E-state index contributed by atoms with van der Waals surface area (Å²) < 4.78 is 0. The lowest BCUT2D eigenvalue weighted by Gasteiger charge is -2.53. The fraction of sp³-hybridized carbons (Fsp3) is 1.00. The van der Waals surface area contributed by atoms with Crippen LogP contribution in [0.15, 0.2) is 0 Å². The highest BCUT2D eigenvalue weighted by atomic mass is 32.2. The van der Waals surface area contributed by atoms with Crippen LogP contribution in [0.1, 0.15) is 39.5 Å². The largest absolute Gasteiger partial charge is 0.389 e. The van der Waals surface area contributed by atoms with E-state index in [0.29, 0.717) is 22.3 Å². The van der Waals surface area contributed by atoms with E-state index in [1.165, 1.54) is 0 Å². The molecule has 15 heavy (non-hydrogen) atoms. The van der Waals surface area contributed by atoms with E-state index in [2.05, 4.69) is 0 Å². The molecule has 2 aliphatic heterocycles. The Balaban J connectivity index is 2.01. The molecule has 0 radical (unpaired) electrons. The van der Waals surface area contributed by atoms with E-state index in [1.807, 2.05) is 25.6 Å². The number of aliphatic hydroxyl groups is 2. The molecule has 3 heteroatoms. The number of thioether (sulfide) groups is 1. The van der Waals surface area contributed by atoms with Gasteiger partial charge >= 0.3 is 0 Å². The van der Waals surface area contributed by atoms with Crippen LogP contribution >= 0.6 is 11.8 Å². The predicted octanol–water partition coefficient (Wildman–Crippen LogP) is 1.79. The zero-order chi connectivity index (χ0) is 10.8. The Kier molecular flexibility index (Phi) is 2.04. The second-order valence-electron chi connectivity index (χ2n) is 6.01. The zero-order valence-corrected chi connectivity index (χ0v) is 10.3. The highest BCUT2D eigenvalue weighted by Gasteiger charge is 2.59. The van der Waals surface area contributed by atoms with Gasteiger partial charge in [0.2, 0.25) is 0 Å². The lowest BCUT2D eigenvalue weighted by Crippen LogP contribution is -2.58. The Labute approximate surface area is 95.4 Å². The number of hydrogen-bond donors (Lipinski definition) is 2. The summed E-state index contributed by atoms with van der Waals surface area (Å²) in [7, 11) is 0. The Morgan fingerprint density at radius 1 is 0.933 bits per heavy atom. The van der Waals surface area contributed by atoms with Gasteiger partial charge in [-0.05, 0) is 51.4 Å². The second kappa shape index (κ2) is 2.93. The van der Waals surface area contributed by atoms with E-state index in [1.54, 1.807) is 0 Å². The molecule has 4 aliphatic rings. The van der Waals surface area contributed by atoms with Crippen LogP contribution in [0.5, 0.6) is 0 Å². The zero-order valence-electron chi connectivity index (χ0n) is 9.44. The molecule has 4 fully saturated rings. The molecule has 2 nitrogen and oxygen atoms in total. The molecule has 0 amide bonds. The minimum Gasteiger partial charge on any atom is -0.389 e. The minimum atomic E-state index is -0.494. The fourth-order valence-corrected chi connectivity index (χ4v) is 5.82.